The lowest BCUT2D eigenvalue weighted by atomic mass is 9.84. The number of amidine groups is 1. The van der Waals surface area contributed by atoms with Gasteiger partial charge in [-0.3, -0.25) is 10.2 Å². The van der Waals surface area contributed by atoms with Crippen molar-refractivity contribution in [1.29, 1.82) is 5.41 Å². The van der Waals surface area contributed by atoms with E-state index >= 15 is 4.39 Å². The first-order valence-electron chi connectivity index (χ1n) is 14.9. The van der Waals surface area contributed by atoms with Gasteiger partial charge in [-0.25, -0.2) is 4.39 Å². The number of anilines is 1. The SMILES string of the molecule is CCOc1cc2c(c(F)c1OCC)C(=N)N(CC(=O)c1cc(N3CC4CC4(C)C3)c(OC)c(C(C)(C)C)c1)C21CC1. The zero-order chi connectivity index (χ0) is 29.5. The Morgan fingerprint density at radius 3 is 2.39 bits per heavy atom. The van der Waals surface area contributed by atoms with Gasteiger partial charge in [0.05, 0.1) is 43.7 Å². The van der Waals surface area contributed by atoms with Gasteiger partial charge in [-0.2, -0.15) is 0 Å². The molecule has 0 radical (unpaired) electrons. The molecule has 2 aliphatic carbocycles. The Bertz CT molecular complexity index is 1440. The van der Waals surface area contributed by atoms with E-state index in [1.807, 2.05) is 25.1 Å². The molecule has 220 valence electrons. The number of piperidine rings is 1. The average molecular weight is 564 g/mol. The van der Waals surface area contributed by atoms with Gasteiger partial charge in [-0.05, 0) is 73.6 Å². The monoisotopic (exact) mass is 563 g/mol. The molecule has 2 saturated carbocycles. The second kappa shape index (κ2) is 9.36. The smallest absolute Gasteiger partial charge is 0.197 e. The summed E-state index contributed by atoms with van der Waals surface area (Å²) in [7, 11) is 1.70. The Kier molecular flexibility index (Phi) is 6.36. The summed E-state index contributed by atoms with van der Waals surface area (Å²) in [5.74, 6) is 1.26. The van der Waals surface area contributed by atoms with Crippen LogP contribution in [-0.4, -0.2) is 56.5 Å². The molecular formula is C33H42FN3O4. The minimum atomic E-state index is -0.582. The standard InChI is InChI=1S/C33H42FN3O4/c1-8-40-25-14-21-26(27(34)29(25)41-9-2)30(35)37(33(21)10-11-33)17-24(38)19-12-22(31(3,4)5)28(39-7)23(13-19)36-16-20-15-32(20,6)18-36/h12-14,20,35H,8-11,15-18H2,1-7H3. The van der Waals surface area contributed by atoms with E-state index in [9.17, 15) is 4.79 Å². The van der Waals surface area contributed by atoms with E-state index in [1.54, 1.807) is 18.9 Å². The first-order valence-corrected chi connectivity index (χ1v) is 14.9. The van der Waals surface area contributed by atoms with Crippen molar-refractivity contribution in [3.63, 3.8) is 0 Å². The Morgan fingerprint density at radius 2 is 1.83 bits per heavy atom. The Labute approximate surface area is 242 Å². The fourth-order valence-corrected chi connectivity index (χ4v) is 7.08. The summed E-state index contributed by atoms with van der Waals surface area (Å²) in [5.41, 5.74) is 3.02. The molecule has 1 spiro atoms. The maximum absolute atomic E-state index is 15.9. The van der Waals surface area contributed by atoms with Crippen molar-refractivity contribution in [3.05, 3.63) is 46.3 Å². The number of benzene rings is 2. The van der Waals surface area contributed by atoms with E-state index in [0.29, 0.717) is 29.3 Å². The molecule has 1 N–H and O–H groups in total. The summed E-state index contributed by atoms with van der Waals surface area (Å²) in [6, 6.07) is 5.75. The predicted octanol–water partition coefficient (Wildman–Crippen LogP) is 6.29. The lowest BCUT2D eigenvalue weighted by Gasteiger charge is -2.31. The maximum atomic E-state index is 15.9. The highest BCUT2D eigenvalue weighted by Gasteiger charge is 2.59. The number of hydrogen-bond donors (Lipinski definition) is 1. The predicted molar refractivity (Wildman–Crippen MR) is 158 cm³/mol. The summed E-state index contributed by atoms with van der Waals surface area (Å²) in [4.78, 5) is 18.2. The Hall–Kier alpha value is -3.29. The summed E-state index contributed by atoms with van der Waals surface area (Å²) in [6.07, 6.45) is 2.76. The summed E-state index contributed by atoms with van der Waals surface area (Å²) in [6.45, 7) is 14.9. The van der Waals surface area contributed by atoms with Gasteiger partial charge in [-0.15, -0.1) is 0 Å². The van der Waals surface area contributed by atoms with E-state index in [4.69, 9.17) is 19.6 Å². The number of fused-ring (bicyclic) bond motifs is 3. The van der Waals surface area contributed by atoms with Crippen LogP contribution in [0.15, 0.2) is 18.2 Å². The number of nitrogens with one attached hydrogen (secondary N) is 1. The third-order valence-corrected chi connectivity index (χ3v) is 9.60. The molecule has 2 unspecified atom stereocenters. The van der Waals surface area contributed by atoms with Crippen LogP contribution in [0.25, 0.3) is 0 Å². The first-order chi connectivity index (χ1) is 19.4. The highest BCUT2D eigenvalue weighted by molar-refractivity contribution is 6.08. The maximum Gasteiger partial charge on any atom is 0.197 e. The number of Topliss-reactive ketones (excluding diaryl/α,β-unsaturated/α-hetero) is 1. The zero-order valence-electron chi connectivity index (χ0n) is 25.4. The van der Waals surface area contributed by atoms with E-state index in [2.05, 4.69) is 32.6 Å². The van der Waals surface area contributed by atoms with Crippen molar-refractivity contribution in [2.75, 3.05) is 44.9 Å². The number of carbonyl (C=O) groups excluding carboxylic acids is 1. The third-order valence-electron chi connectivity index (χ3n) is 9.60. The number of ether oxygens (including phenoxy) is 3. The van der Waals surface area contributed by atoms with Crippen LogP contribution in [0.4, 0.5) is 10.1 Å². The van der Waals surface area contributed by atoms with Gasteiger partial charge in [0.15, 0.2) is 23.1 Å². The second-order valence-corrected chi connectivity index (χ2v) is 13.5. The molecule has 6 rings (SSSR count). The van der Waals surface area contributed by atoms with Crippen LogP contribution < -0.4 is 19.1 Å². The summed E-state index contributed by atoms with van der Waals surface area (Å²) >= 11 is 0. The third kappa shape index (κ3) is 4.28. The number of rotatable bonds is 9. The number of halogens is 1. The van der Waals surface area contributed by atoms with Crippen LogP contribution in [0, 0.1) is 22.6 Å². The minimum absolute atomic E-state index is 0.00339. The fraction of sp³-hybridized carbons (Fsp3) is 0.576. The summed E-state index contributed by atoms with van der Waals surface area (Å²) < 4.78 is 33.2. The largest absolute Gasteiger partial charge is 0.494 e. The van der Waals surface area contributed by atoms with Gasteiger partial charge in [0, 0.05) is 24.2 Å². The number of hydrogen-bond acceptors (Lipinski definition) is 6. The number of ketones is 1. The van der Waals surface area contributed by atoms with E-state index in [0.717, 1.165) is 48.5 Å². The van der Waals surface area contributed by atoms with Crippen LogP contribution in [0.2, 0.25) is 0 Å². The lowest BCUT2D eigenvalue weighted by molar-refractivity contribution is 0.0943. The Morgan fingerprint density at radius 1 is 1.12 bits per heavy atom. The van der Waals surface area contributed by atoms with Crippen LogP contribution in [-0.2, 0) is 11.0 Å². The molecule has 7 nitrogen and oxygen atoms in total. The highest BCUT2D eigenvalue weighted by atomic mass is 19.1. The van der Waals surface area contributed by atoms with Gasteiger partial charge >= 0.3 is 0 Å². The average Bonchev–Trinajstić information content (AvgIpc) is 3.80. The molecule has 41 heavy (non-hydrogen) atoms. The molecule has 3 fully saturated rings. The molecule has 2 heterocycles. The molecular weight excluding hydrogens is 521 g/mol. The van der Waals surface area contributed by atoms with Gasteiger partial charge in [0.2, 0.25) is 0 Å². The van der Waals surface area contributed by atoms with Crippen LogP contribution in [0.5, 0.6) is 17.2 Å². The van der Waals surface area contributed by atoms with E-state index in [1.165, 1.54) is 6.42 Å². The van der Waals surface area contributed by atoms with Crippen molar-refractivity contribution in [3.8, 4) is 17.2 Å². The van der Waals surface area contributed by atoms with Gasteiger partial charge in [-0.1, -0.05) is 27.7 Å². The molecule has 2 aromatic carbocycles. The quantitative estimate of drug-likeness (QED) is 0.362. The van der Waals surface area contributed by atoms with Gasteiger partial charge in [0.1, 0.15) is 11.6 Å². The van der Waals surface area contributed by atoms with Crippen molar-refractivity contribution >= 4 is 17.3 Å². The fourth-order valence-electron chi connectivity index (χ4n) is 7.08. The highest BCUT2D eigenvalue weighted by Crippen LogP contribution is 2.60. The first kappa shape index (κ1) is 27.9. The molecule has 2 atom stereocenters. The molecule has 0 amide bonds. The zero-order valence-corrected chi connectivity index (χ0v) is 25.4. The molecule has 1 saturated heterocycles. The lowest BCUT2D eigenvalue weighted by Crippen LogP contribution is -2.38. The normalized spacial score (nSPS) is 23.5. The van der Waals surface area contributed by atoms with Gasteiger partial charge < -0.3 is 24.0 Å². The summed E-state index contributed by atoms with van der Waals surface area (Å²) in [5, 5.41) is 9.02. The van der Waals surface area contributed by atoms with Crippen LogP contribution in [0.1, 0.15) is 87.9 Å². The van der Waals surface area contributed by atoms with Crippen LogP contribution in [0.3, 0.4) is 0 Å². The second-order valence-electron chi connectivity index (χ2n) is 13.5. The molecule has 0 bridgehead atoms. The Balaban J connectivity index is 1.36. The van der Waals surface area contributed by atoms with E-state index in [-0.39, 0.29) is 41.5 Å². The molecule has 0 aromatic heterocycles. The van der Waals surface area contributed by atoms with Crippen LogP contribution >= 0.6 is 0 Å². The van der Waals surface area contributed by atoms with Crippen molar-refractivity contribution < 1.29 is 23.4 Å². The van der Waals surface area contributed by atoms with Crippen molar-refractivity contribution in [1.82, 2.24) is 4.90 Å². The molecule has 8 heteroatoms. The van der Waals surface area contributed by atoms with E-state index < -0.39 is 11.4 Å². The molecule has 2 aliphatic heterocycles. The van der Waals surface area contributed by atoms with Crippen molar-refractivity contribution in [2.45, 2.75) is 71.8 Å². The number of carbonyl (C=O) groups is 1. The van der Waals surface area contributed by atoms with Gasteiger partial charge in [0.25, 0.3) is 0 Å². The number of methoxy groups -OCH3 is 1. The molecule has 2 aromatic rings. The number of nitrogens with zero attached hydrogens (tertiary/aromatic N) is 2. The topological polar surface area (TPSA) is 75.1 Å². The molecule has 4 aliphatic rings. The minimum Gasteiger partial charge on any atom is -0.494 e. The van der Waals surface area contributed by atoms with Crippen molar-refractivity contribution in [2.24, 2.45) is 11.3 Å².